The van der Waals surface area contributed by atoms with E-state index in [1.54, 1.807) is 52.7 Å². The number of benzene rings is 4. The first-order chi connectivity index (χ1) is 21.6. The van der Waals surface area contributed by atoms with Crippen LogP contribution in [0.2, 0.25) is 5.02 Å². The summed E-state index contributed by atoms with van der Waals surface area (Å²) in [6.07, 6.45) is -0.963. The minimum absolute atomic E-state index is 0.0125. The molecule has 6 rings (SSSR count). The van der Waals surface area contributed by atoms with E-state index < -0.39 is 29.6 Å². The number of aromatic carboxylic acids is 1. The van der Waals surface area contributed by atoms with Crippen LogP contribution in [0.25, 0.3) is 39.0 Å². The predicted octanol–water partition coefficient (Wildman–Crippen LogP) is 9.82. The van der Waals surface area contributed by atoms with Gasteiger partial charge >= 0.3 is 5.97 Å². The van der Waals surface area contributed by atoms with Crippen molar-refractivity contribution >= 4 is 58.2 Å². The van der Waals surface area contributed by atoms with Gasteiger partial charge in [-0.05, 0) is 66.0 Å². The van der Waals surface area contributed by atoms with Crippen molar-refractivity contribution < 1.29 is 31.7 Å². The maximum absolute atomic E-state index is 14.8. The molecule has 13 heteroatoms. The molecule has 5 aromatic rings. The summed E-state index contributed by atoms with van der Waals surface area (Å²) in [4.78, 5) is 12.0. The molecule has 0 fully saturated rings. The van der Waals surface area contributed by atoms with Crippen molar-refractivity contribution in [1.29, 1.82) is 5.26 Å². The van der Waals surface area contributed by atoms with Gasteiger partial charge < -0.3 is 5.11 Å². The molecule has 45 heavy (non-hydrogen) atoms. The molecule has 6 nitrogen and oxygen atoms in total. The maximum atomic E-state index is 14.8. The number of carbonyl (C=O) groups is 1. The normalized spacial score (nSPS) is 12.7. The lowest BCUT2D eigenvalue weighted by atomic mass is 9.98. The number of allylic oxidation sites excluding steroid dienone is 1. The average molecular weight is 668 g/mol. The van der Waals surface area contributed by atoms with Gasteiger partial charge in [0.05, 0.1) is 16.8 Å². The van der Waals surface area contributed by atoms with Gasteiger partial charge in [-0.1, -0.05) is 41.9 Å². The number of fused-ring (bicyclic) bond motifs is 1. The fourth-order valence-electron chi connectivity index (χ4n) is 4.99. The van der Waals surface area contributed by atoms with Crippen molar-refractivity contribution in [2.45, 2.75) is 11.3 Å². The molecule has 2 heterocycles. The van der Waals surface area contributed by atoms with Crippen LogP contribution in [0.15, 0.2) is 89.5 Å². The van der Waals surface area contributed by atoms with Crippen LogP contribution in [-0.4, -0.2) is 26.4 Å². The van der Waals surface area contributed by atoms with Gasteiger partial charge in [-0.3, -0.25) is 3.97 Å². The Hall–Kier alpha value is -4.41. The Bertz CT molecular complexity index is 2080. The molecule has 0 bridgehead atoms. The summed E-state index contributed by atoms with van der Waals surface area (Å²) in [5.41, 5.74) is 2.70. The quantitative estimate of drug-likeness (QED) is 0.124. The molecule has 0 saturated heterocycles. The lowest BCUT2D eigenvalue weighted by Gasteiger charge is -2.14. The number of aromatic nitrogens is 1. The van der Waals surface area contributed by atoms with Gasteiger partial charge in [0.2, 0.25) is 0 Å². The van der Waals surface area contributed by atoms with E-state index in [2.05, 4.69) is 6.07 Å². The Morgan fingerprint density at radius 1 is 1.02 bits per heavy atom. The second kappa shape index (κ2) is 12.2. The molecule has 0 radical (unpaired) electrons. The van der Waals surface area contributed by atoms with E-state index in [1.807, 2.05) is 0 Å². The van der Waals surface area contributed by atoms with Crippen LogP contribution in [-0.2, 0) is 4.28 Å². The SMILES string of the molecule is CSON1C(C#N)=C1c1c(-c2cccc(-c3cc(F)c(C(=O)O)cc3Cl)c2)n(Sc2ccc(C(F)F)cc2)c2ccc(F)cc12. The number of carboxylic acid groups (broad SMARTS) is 1. The van der Waals surface area contributed by atoms with Crippen LogP contribution in [0.3, 0.4) is 0 Å². The number of hydrogen-bond acceptors (Lipinski definition) is 6. The highest BCUT2D eigenvalue weighted by molar-refractivity contribution is 7.98. The number of nitriles is 1. The minimum atomic E-state index is -2.64. The molecule has 1 N–H and O–H groups in total. The zero-order valence-corrected chi connectivity index (χ0v) is 25.3. The van der Waals surface area contributed by atoms with E-state index in [0.717, 1.165) is 24.2 Å². The third-order valence-corrected chi connectivity index (χ3v) is 8.68. The van der Waals surface area contributed by atoms with E-state index in [-0.39, 0.29) is 21.8 Å². The van der Waals surface area contributed by atoms with Gasteiger partial charge in [-0.25, -0.2) is 22.4 Å². The molecule has 0 amide bonds. The Labute approximate surface area is 267 Å². The summed E-state index contributed by atoms with van der Waals surface area (Å²) in [6.45, 7) is 0. The van der Waals surface area contributed by atoms with Crippen LogP contribution in [0, 0.1) is 23.0 Å². The number of hydrogen-bond donors (Lipinski definition) is 1. The highest BCUT2D eigenvalue weighted by Crippen LogP contribution is 2.51. The van der Waals surface area contributed by atoms with Crippen molar-refractivity contribution in [1.82, 2.24) is 9.04 Å². The van der Waals surface area contributed by atoms with E-state index >= 15 is 0 Å². The average Bonchev–Trinajstić information content (AvgIpc) is 3.62. The van der Waals surface area contributed by atoms with Crippen molar-refractivity contribution in [2.75, 3.05) is 6.26 Å². The monoisotopic (exact) mass is 667 g/mol. The van der Waals surface area contributed by atoms with Crippen molar-refractivity contribution in [3.05, 3.63) is 118 Å². The Balaban J connectivity index is 1.60. The molecule has 1 aliphatic heterocycles. The number of nitrogens with zero attached hydrogens (tertiary/aromatic N) is 3. The standard InChI is InChI=1S/C32H18ClF4N3O3S2/c1-44-43-39-27(15-38)30(39)28-23-12-19(34)7-10-26(23)40(45-20-8-5-16(6-9-20)31(36)37)29(28)18-4-2-3-17(11-18)21-14-25(35)22(32(41)42)13-24(21)33/h2-14,31H,1H3,(H,41,42). The minimum Gasteiger partial charge on any atom is -0.478 e. The van der Waals surface area contributed by atoms with Crippen LogP contribution in [0.1, 0.15) is 27.9 Å². The van der Waals surface area contributed by atoms with Crippen LogP contribution < -0.4 is 0 Å². The lowest BCUT2D eigenvalue weighted by molar-refractivity contribution is 0.0692. The Morgan fingerprint density at radius 3 is 2.42 bits per heavy atom. The van der Waals surface area contributed by atoms with E-state index in [0.29, 0.717) is 43.9 Å². The van der Waals surface area contributed by atoms with Gasteiger partial charge in [0.25, 0.3) is 6.43 Å². The summed E-state index contributed by atoms with van der Waals surface area (Å²) < 4.78 is 63.4. The molecule has 0 aliphatic carbocycles. The molecule has 0 unspecified atom stereocenters. The fraction of sp³-hybridized carbons (Fsp3) is 0.0625. The maximum Gasteiger partial charge on any atom is 0.338 e. The van der Waals surface area contributed by atoms with Crippen LogP contribution >= 0.6 is 35.6 Å². The molecule has 0 spiro atoms. The number of carboxylic acids is 1. The second-order valence-electron chi connectivity index (χ2n) is 9.68. The first-order valence-corrected chi connectivity index (χ1v) is 15.3. The van der Waals surface area contributed by atoms with Crippen molar-refractivity contribution in [2.24, 2.45) is 0 Å². The van der Waals surface area contributed by atoms with Gasteiger partial charge in [0.15, 0.2) is 5.70 Å². The zero-order chi connectivity index (χ0) is 32.0. The fourth-order valence-corrected chi connectivity index (χ4v) is 6.58. The summed E-state index contributed by atoms with van der Waals surface area (Å²) >= 11 is 8.62. The van der Waals surface area contributed by atoms with Crippen molar-refractivity contribution in [3.8, 4) is 28.5 Å². The first kappa shape index (κ1) is 30.6. The summed E-state index contributed by atoms with van der Waals surface area (Å²) in [6, 6.07) is 21.0. The predicted molar refractivity (Wildman–Crippen MR) is 166 cm³/mol. The molecule has 0 saturated carbocycles. The Kier molecular flexibility index (Phi) is 8.28. The van der Waals surface area contributed by atoms with E-state index in [4.69, 9.17) is 15.9 Å². The van der Waals surface area contributed by atoms with E-state index in [9.17, 15) is 32.7 Å². The molecule has 4 aromatic carbocycles. The molecule has 0 atom stereocenters. The number of halogens is 5. The molecule has 1 aliphatic rings. The number of hydroxylamine groups is 2. The van der Waals surface area contributed by atoms with Crippen molar-refractivity contribution in [3.63, 3.8) is 0 Å². The lowest BCUT2D eigenvalue weighted by Crippen LogP contribution is -2.01. The third-order valence-electron chi connectivity index (χ3n) is 7.02. The molecule has 1 aromatic heterocycles. The molecular formula is C32H18ClF4N3O3S2. The third kappa shape index (κ3) is 5.64. The van der Waals surface area contributed by atoms with Gasteiger partial charge in [-0.15, -0.1) is 0 Å². The smallest absolute Gasteiger partial charge is 0.338 e. The highest BCUT2D eigenvalue weighted by atomic mass is 35.5. The number of rotatable bonds is 9. The molecular weight excluding hydrogens is 650 g/mol. The van der Waals surface area contributed by atoms with Crippen LogP contribution in [0.4, 0.5) is 17.6 Å². The van der Waals surface area contributed by atoms with Gasteiger partial charge in [0, 0.05) is 55.9 Å². The number of alkyl halides is 2. The first-order valence-electron chi connectivity index (χ1n) is 13.0. The summed E-state index contributed by atoms with van der Waals surface area (Å²) in [5.74, 6) is -2.95. The zero-order valence-electron chi connectivity index (χ0n) is 22.9. The largest absolute Gasteiger partial charge is 0.478 e. The topological polar surface area (TPSA) is 78.3 Å². The molecule has 226 valence electrons. The van der Waals surface area contributed by atoms with Gasteiger partial charge in [-0.2, -0.15) is 14.6 Å². The Morgan fingerprint density at radius 2 is 1.76 bits per heavy atom. The van der Waals surface area contributed by atoms with Crippen LogP contribution in [0.5, 0.6) is 0 Å². The van der Waals surface area contributed by atoms with E-state index in [1.165, 1.54) is 41.3 Å². The summed E-state index contributed by atoms with van der Waals surface area (Å²) in [5, 5.41) is 21.0. The van der Waals surface area contributed by atoms with Gasteiger partial charge in [0.1, 0.15) is 23.4 Å². The summed E-state index contributed by atoms with van der Waals surface area (Å²) in [7, 11) is 0. The highest BCUT2D eigenvalue weighted by Gasteiger charge is 2.41. The second-order valence-corrected chi connectivity index (χ2v) is 11.6.